The molecule has 0 spiro atoms. The number of carbonyl (C=O) groups is 1. The summed E-state index contributed by atoms with van der Waals surface area (Å²) in [7, 11) is 1.74. The van der Waals surface area contributed by atoms with Crippen molar-refractivity contribution in [1.29, 1.82) is 0 Å². The summed E-state index contributed by atoms with van der Waals surface area (Å²) >= 11 is 0. The molecule has 0 aromatic heterocycles. The average Bonchev–Trinajstić information content (AvgIpc) is 1.85. The highest BCUT2D eigenvalue weighted by Crippen LogP contribution is 1.72. The van der Waals surface area contributed by atoms with Crippen molar-refractivity contribution in [3.8, 4) is 0 Å². The van der Waals surface area contributed by atoms with Crippen LogP contribution in [-0.4, -0.2) is 31.3 Å². The van der Waals surface area contributed by atoms with Gasteiger partial charge in [0.1, 0.15) is 0 Å². The van der Waals surface area contributed by atoms with Gasteiger partial charge in [-0.05, 0) is 7.05 Å². The fraction of sp³-hybridized carbons (Fsp3) is 0.800. The zero-order valence-corrected chi connectivity index (χ0v) is 5.48. The first-order chi connectivity index (χ1) is 4.31. The van der Waals surface area contributed by atoms with Crippen molar-refractivity contribution in [2.75, 3.05) is 20.3 Å². The van der Waals surface area contributed by atoms with Crippen molar-refractivity contribution >= 4 is 5.91 Å². The molecule has 0 bridgehead atoms. The van der Waals surface area contributed by atoms with Gasteiger partial charge in [-0.25, -0.2) is 0 Å². The van der Waals surface area contributed by atoms with E-state index in [1.807, 2.05) is 0 Å². The average molecular weight is 132 g/mol. The van der Waals surface area contributed by atoms with Crippen molar-refractivity contribution in [2.45, 2.75) is 6.42 Å². The summed E-state index contributed by atoms with van der Waals surface area (Å²) in [5.74, 6) is -0.133. The maximum Gasteiger partial charge on any atom is 0.223 e. The van der Waals surface area contributed by atoms with E-state index in [4.69, 9.17) is 5.11 Å². The van der Waals surface area contributed by atoms with Gasteiger partial charge in [0.2, 0.25) is 5.91 Å². The molecule has 1 amide bonds. The molecule has 0 aliphatic carbocycles. The Labute approximate surface area is 54.3 Å². The van der Waals surface area contributed by atoms with Gasteiger partial charge < -0.3 is 15.7 Å². The molecule has 0 rings (SSSR count). The van der Waals surface area contributed by atoms with Crippen LogP contribution in [0.15, 0.2) is 0 Å². The molecule has 0 radical (unpaired) electrons. The summed E-state index contributed by atoms with van der Waals surface area (Å²) in [5, 5.41) is 13.5. The molecule has 0 unspecified atom stereocenters. The Morgan fingerprint density at radius 3 is 2.78 bits per heavy atom. The molecule has 0 fully saturated rings. The van der Waals surface area contributed by atoms with Crippen molar-refractivity contribution in [2.24, 2.45) is 0 Å². The third-order valence-corrected chi connectivity index (χ3v) is 0.801. The van der Waals surface area contributed by atoms with Crippen LogP contribution >= 0.6 is 0 Å². The van der Waals surface area contributed by atoms with E-state index in [1.54, 1.807) is 7.05 Å². The third kappa shape index (κ3) is 5.26. The van der Waals surface area contributed by atoms with Gasteiger partial charge in [0, 0.05) is 6.42 Å². The molecule has 3 N–H and O–H groups in total. The van der Waals surface area contributed by atoms with Gasteiger partial charge in [0.25, 0.3) is 0 Å². The zero-order valence-electron chi connectivity index (χ0n) is 5.48. The summed E-state index contributed by atoms with van der Waals surface area (Å²) in [5.41, 5.74) is 0. The highest BCUT2D eigenvalue weighted by molar-refractivity contribution is 5.75. The van der Waals surface area contributed by atoms with Crippen LogP contribution in [0.2, 0.25) is 0 Å². The molecule has 0 aromatic carbocycles. The summed E-state index contributed by atoms with van der Waals surface area (Å²) in [6.07, 6.45) is 0.182. The number of nitrogens with one attached hydrogen (secondary N) is 2. The van der Waals surface area contributed by atoms with E-state index in [0.29, 0.717) is 6.67 Å². The van der Waals surface area contributed by atoms with Gasteiger partial charge >= 0.3 is 0 Å². The maximum absolute atomic E-state index is 10.5. The highest BCUT2D eigenvalue weighted by atomic mass is 16.3. The van der Waals surface area contributed by atoms with E-state index in [0.717, 1.165) is 0 Å². The first-order valence-corrected chi connectivity index (χ1v) is 2.83. The topological polar surface area (TPSA) is 61.4 Å². The van der Waals surface area contributed by atoms with Gasteiger partial charge in [0.15, 0.2) is 0 Å². The fourth-order valence-corrected chi connectivity index (χ4v) is 0.377. The lowest BCUT2D eigenvalue weighted by Crippen LogP contribution is -2.31. The van der Waals surface area contributed by atoms with Crippen LogP contribution in [0, 0.1) is 0 Å². The van der Waals surface area contributed by atoms with Gasteiger partial charge in [-0.15, -0.1) is 0 Å². The van der Waals surface area contributed by atoms with Crippen LogP contribution in [0.25, 0.3) is 0 Å². The molecule has 0 atom stereocenters. The minimum atomic E-state index is -0.133. The molecule has 0 aliphatic heterocycles. The molecular weight excluding hydrogens is 120 g/mol. The smallest absolute Gasteiger partial charge is 0.223 e. The molecule has 0 aromatic rings. The molecule has 54 valence electrons. The molecule has 0 saturated carbocycles. The summed E-state index contributed by atoms with van der Waals surface area (Å²) in [6, 6.07) is 0. The Morgan fingerprint density at radius 1 is 1.67 bits per heavy atom. The van der Waals surface area contributed by atoms with Crippen LogP contribution in [0.4, 0.5) is 0 Å². The quantitative estimate of drug-likeness (QED) is 0.415. The Morgan fingerprint density at radius 2 is 2.33 bits per heavy atom. The second-order valence-electron chi connectivity index (χ2n) is 1.60. The molecule has 0 aliphatic rings. The van der Waals surface area contributed by atoms with Crippen molar-refractivity contribution < 1.29 is 9.90 Å². The largest absolute Gasteiger partial charge is 0.396 e. The normalized spacial score (nSPS) is 9.11. The molecule has 4 heteroatoms. The van der Waals surface area contributed by atoms with E-state index in [9.17, 15) is 4.79 Å². The van der Waals surface area contributed by atoms with Crippen molar-refractivity contribution in [3.63, 3.8) is 0 Å². The van der Waals surface area contributed by atoms with Crippen molar-refractivity contribution in [3.05, 3.63) is 0 Å². The maximum atomic E-state index is 10.5. The lowest BCUT2D eigenvalue weighted by atomic mass is 10.4. The number of amides is 1. The number of hydrogen-bond donors (Lipinski definition) is 3. The van der Waals surface area contributed by atoms with Crippen LogP contribution < -0.4 is 10.6 Å². The number of aliphatic hydroxyl groups excluding tert-OH is 1. The number of hydrogen-bond acceptors (Lipinski definition) is 3. The monoisotopic (exact) mass is 132 g/mol. The number of rotatable bonds is 4. The Hall–Kier alpha value is -0.610. The molecule has 4 nitrogen and oxygen atoms in total. The van der Waals surface area contributed by atoms with Gasteiger partial charge in [0.05, 0.1) is 13.3 Å². The highest BCUT2D eigenvalue weighted by Gasteiger charge is 1.94. The van der Waals surface area contributed by atoms with E-state index >= 15 is 0 Å². The second-order valence-corrected chi connectivity index (χ2v) is 1.60. The van der Waals surface area contributed by atoms with Crippen LogP contribution in [-0.2, 0) is 4.79 Å². The summed E-state index contributed by atoms with van der Waals surface area (Å²) in [6.45, 7) is 0.369. The van der Waals surface area contributed by atoms with E-state index in [1.165, 1.54) is 0 Å². The summed E-state index contributed by atoms with van der Waals surface area (Å²) < 4.78 is 0. The second kappa shape index (κ2) is 5.53. The number of carbonyl (C=O) groups excluding carboxylic acids is 1. The van der Waals surface area contributed by atoms with E-state index < -0.39 is 0 Å². The third-order valence-electron chi connectivity index (χ3n) is 0.801. The first-order valence-electron chi connectivity index (χ1n) is 2.83. The molecular formula is C5H12N2O2. The standard InChI is InChI=1S/C5H12N2O2/c1-6-4-7-5(9)2-3-8/h6,8H,2-4H2,1H3,(H,7,9). The minimum Gasteiger partial charge on any atom is -0.396 e. The predicted octanol–water partition coefficient (Wildman–Crippen LogP) is -1.34. The molecule has 0 heterocycles. The Bertz CT molecular complexity index is 85.0. The van der Waals surface area contributed by atoms with Crippen molar-refractivity contribution in [1.82, 2.24) is 10.6 Å². The van der Waals surface area contributed by atoms with Gasteiger partial charge in [-0.2, -0.15) is 0 Å². The molecule has 9 heavy (non-hydrogen) atoms. The fourth-order valence-electron chi connectivity index (χ4n) is 0.377. The lowest BCUT2D eigenvalue weighted by Gasteiger charge is -2.00. The minimum absolute atomic E-state index is 0.0878. The van der Waals surface area contributed by atoms with Crippen LogP contribution in [0.1, 0.15) is 6.42 Å². The zero-order chi connectivity index (χ0) is 7.11. The predicted molar refractivity (Wildman–Crippen MR) is 33.8 cm³/mol. The lowest BCUT2D eigenvalue weighted by molar-refractivity contribution is -0.121. The number of aliphatic hydroxyl groups is 1. The van der Waals surface area contributed by atoms with Crippen LogP contribution in [0.3, 0.4) is 0 Å². The molecule has 0 saturated heterocycles. The van der Waals surface area contributed by atoms with Gasteiger partial charge in [-0.1, -0.05) is 0 Å². The Balaban J connectivity index is 3.06. The first kappa shape index (κ1) is 8.39. The van der Waals surface area contributed by atoms with Gasteiger partial charge in [-0.3, -0.25) is 4.79 Å². The SMILES string of the molecule is CNCNC(=O)CCO. The van der Waals surface area contributed by atoms with E-state index in [2.05, 4.69) is 10.6 Å². The Kier molecular flexibility index (Phi) is 5.15. The van der Waals surface area contributed by atoms with Crippen LogP contribution in [0.5, 0.6) is 0 Å². The van der Waals surface area contributed by atoms with E-state index in [-0.39, 0.29) is 18.9 Å². The summed E-state index contributed by atoms with van der Waals surface area (Å²) in [4.78, 5) is 10.5.